The van der Waals surface area contributed by atoms with E-state index in [1.165, 1.54) is 0 Å². The average Bonchev–Trinajstić information content (AvgIpc) is 2.76. The maximum Gasteiger partial charge on any atom is 0.243 e. The number of sulfonamides is 1. The van der Waals surface area contributed by atoms with Gasteiger partial charge in [-0.15, -0.1) is 0 Å². The van der Waals surface area contributed by atoms with Crippen LogP contribution >= 0.6 is 0 Å². The summed E-state index contributed by atoms with van der Waals surface area (Å²) in [6.45, 7) is 7.43. The van der Waals surface area contributed by atoms with Gasteiger partial charge in [0.1, 0.15) is 0 Å². The van der Waals surface area contributed by atoms with Crippen LogP contribution in [0.1, 0.15) is 40.0 Å². The van der Waals surface area contributed by atoms with Gasteiger partial charge in [-0.1, -0.05) is 51.1 Å². The molecule has 0 N–H and O–H groups in total. The summed E-state index contributed by atoms with van der Waals surface area (Å²) in [6.07, 6.45) is 3.04. The SMILES string of the molecule is CC1(C)CC2CC(C)(CN2S(=O)(=O)c2ccc3ccccc3c2)C1. The zero-order valence-electron chi connectivity index (χ0n) is 14.6. The summed E-state index contributed by atoms with van der Waals surface area (Å²) in [5.41, 5.74) is 0.321. The number of hydrogen-bond acceptors (Lipinski definition) is 2. The Morgan fingerprint density at radius 2 is 1.71 bits per heavy atom. The van der Waals surface area contributed by atoms with Gasteiger partial charge in [0.15, 0.2) is 0 Å². The van der Waals surface area contributed by atoms with Gasteiger partial charge in [0, 0.05) is 12.6 Å². The first kappa shape index (κ1) is 16.1. The number of benzene rings is 2. The van der Waals surface area contributed by atoms with Gasteiger partial charge in [0.2, 0.25) is 10.0 Å². The maximum absolute atomic E-state index is 13.3. The minimum Gasteiger partial charge on any atom is -0.207 e. The fraction of sp³-hybridized carbons (Fsp3) is 0.500. The molecular weight excluding hydrogens is 318 g/mol. The molecule has 1 saturated carbocycles. The quantitative estimate of drug-likeness (QED) is 0.809. The van der Waals surface area contributed by atoms with E-state index in [1.807, 2.05) is 36.4 Å². The van der Waals surface area contributed by atoms with Gasteiger partial charge < -0.3 is 0 Å². The molecule has 3 nitrogen and oxygen atoms in total. The first-order chi connectivity index (χ1) is 11.2. The Balaban J connectivity index is 1.75. The van der Waals surface area contributed by atoms with Crippen molar-refractivity contribution < 1.29 is 8.42 Å². The zero-order valence-corrected chi connectivity index (χ0v) is 15.4. The summed E-state index contributed by atoms with van der Waals surface area (Å²) in [5.74, 6) is 0. The van der Waals surface area contributed by atoms with Gasteiger partial charge in [-0.25, -0.2) is 8.42 Å². The van der Waals surface area contributed by atoms with Crippen molar-refractivity contribution in [2.45, 2.75) is 51.0 Å². The maximum atomic E-state index is 13.3. The molecule has 2 aromatic carbocycles. The third-order valence-electron chi connectivity index (χ3n) is 5.69. The van der Waals surface area contributed by atoms with E-state index in [1.54, 1.807) is 10.4 Å². The normalized spacial score (nSPS) is 29.9. The second-order valence-corrected chi connectivity index (χ2v) is 10.7. The van der Waals surface area contributed by atoms with Crippen molar-refractivity contribution >= 4 is 20.8 Å². The van der Waals surface area contributed by atoms with E-state index in [0.29, 0.717) is 11.4 Å². The molecule has 0 aromatic heterocycles. The lowest BCUT2D eigenvalue weighted by Crippen LogP contribution is -2.37. The van der Waals surface area contributed by atoms with E-state index in [-0.39, 0.29) is 16.9 Å². The molecule has 1 saturated heterocycles. The molecule has 4 rings (SSSR count). The van der Waals surface area contributed by atoms with Crippen molar-refractivity contribution in [3.8, 4) is 0 Å². The molecule has 128 valence electrons. The molecule has 4 heteroatoms. The Morgan fingerprint density at radius 3 is 2.46 bits per heavy atom. The van der Waals surface area contributed by atoms with Crippen LogP contribution in [0.5, 0.6) is 0 Å². The summed E-state index contributed by atoms with van der Waals surface area (Å²) < 4.78 is 28.4. The second kappa shape index (κ2) is 5.06. The van der Waals surface area contributed by atoms with Gasteiger partial charge in [0.05, 0.1) is 4.90 Å². The lowest BCUT2D eigenvalue weighted by molar-refractivity contribution is 0.133. The molecule has 0 amide bonds. The smallest absolute Gasteiger partial charge is 0.207 e. The topological polar surface area (TPSA) is 37.4 Å². The minimum absolute atomic E-state index is 0.107. The fourth-order valence-electron chi connectivity index (χ4n) is 5.15. The van der Waals surface area contributed by atoms with Crippen LogP contribution < -0.4 is 0 Å². The zero-order chi connectivity index (χ0) is 17.2. The number of hydrogen-bond donors (Lipinski definition) is 0. The monoisotopic (exact) mass is 343 g/mol. The Kier molecular flexibility index (Phi) is 3.39. The van der Waals surface area contributed by atoms with Gasteiger partial charge in [0.25, 0.3) is 0 Å². The molecule has 2 bridgehead atoms. The third-order valence-corrected chi connectivity index (χ3v) is 7.59. The molecule has 1 aliphatic heterocycles. The van der Waals surface area contributed by atoms with Crippen LogP contribution in [-0.4, -0.2) is 25.3 Å². The van der Waals surface area contributed by atoms with Gasteiger partial charge in [-0.05, 0) is 53.0 Å². The van der Waals surface area contributed by atoms with Crippen LogP contribution in [0.4, 0.5) is 0 Å². The Morgan fingerprint density at radius 1 is 1.00 bits per heavy atom. The molecule has 1 aliphatic carbocycles. The van der Waals surface area contributed by atoms with Crippen molar-refractivity contribution in [1.82, 2.24) is 4.31 Å². The van der Waals surface area contributed by atoms with E-state index >= 15 is 0 Å². The van der Waals surface area contributed by atoms with E-state index < -0.39 is 10.0 Å². The molecule has 2 atom stereocenters. The Bertz CT molecular complexity index is 903. The highest BCUT2D eigenvalue weighted by molar-refractivity contribution is 7.89. The lowest BCUT2D eigenvalue weighted by atomic mass is 9.65. The van der Waals surface area contributed by atoms with Crippen LogP contribution in [0.15, 0.2) is 47.4 Å². The highest BCUT2D eigenvalue weighted by Crippen LogP contribution is 2.53. The molecular formula is C20H25NO2S. The van der Waals surface area contributed by atoms with Crippen molar-refractivity contribution in [2.24, 2.45) is 10.8 Å². The van der Waals surface area contributed by atoms with Gasteiger partial charge in [-0.2, -0.15) is 4.31 Å². The van der Waals surface area contributed by atoms with E-state index in [4.69, 9.17) is 0 Å². The van der Waals surface area contributed by atoms with Crippen LogP contribution in [-0.2, 0) is 10.0 Å². The highest BCUT2D eigenvalue weighted by atomic mass is 32.2. The number of nitrogens with zero attached hydrogens (tertiary/aromatic N) is 1. The molecule has 2 aliphatic rings. The fourth-order valence-corrected chi connectivity index (χ4v) is 6.96. The number of rotatable bonds is 2. The van der Waals surface area contributed by atoms with Crippen molar-refractivity contribution in [3.63, 3.8) is 0 Å². The van der Waals surface area contributed by atoms with Crippen LogP contribution in [0.3, 0.4) is 0 Å². The molecule has 2 unspecified atom stereocenters. The molecule has 1 heterocycles. The summed E-state index contributed by atoms with van der Waals surface area (Å²) >= 11 is 0. The number of fused-ring (bicyclic) bond motifs is 3. The third kappa shape index (κ3) is 2.56. The second-order valence-electron chi connectivity index (χ2n) is 8.77. The van der Waals surface area contributed by atoms with E-state index in [0.717, 1.165) is 30.0 Å². The summed E-state index contributed by atoms with van der Waals surface area (Å²) in [5, 5.41) is 2.05. The van der Waals surface area contributed by atoms with E-state index in [2.05, 4.69) is 20.8 Å². The molecule has 0 spiro atoms. The first-order valence-corrected chi connectivity index (χ1v) is 10.1. The standard InChI is InChI=1S/C20H25NO2S/c1-19(2)11-17-12-20(3,13-19)14-21(17)24(22,23)18-9-8-15-6-4-5-7-16(15)10-18/h4-10,17H,11-14H2,1-3H3. The molecule has 2 aromatic rings. The first-order valence-electron chi connectivity index (χ1n) is 8.69. The predicted octanol–water partition coefficient (Wildman–Crippen LogP) is 4.43. The Labute approximate surface area is 144 Å². The van der Waals surface area contributed by atoms with Crippen LogP contribution in [0.2, 0.25) is 0 Å². The molecule has 2 fully saturated rings. The summed E-state index contributed by atoms with van der Waals surface area (Å²) in [6, 6.07) is 13.5. The summed E-state index contributed by atoms with van der Waals surface area (Å²) in [7, 11) is -3.44. The van der Waals surface area contributed by atoms with Gasteiger partial charge in [-0.3, -0.25) is 0 Å². The van der Waals surface area contributed by atoms with Crippen molar-refractivity contribution in [3.05, 3.63) is 42.5 Å². The van der Waals surface area contributed by atoms with Crippen LogP contribution in [0.25, 0.3) is 10.8 Å². The lowest BCUT2D eigenvalue weighted by Gasteiger charge is -2.39. The Hall–Kier alpha value is -1.39. The van der Waals surface area contributed by atoms with Crippen molar-refractivity contribution in [1.29, 1.82) is 0 Å². The minimum atomic E-state index is -3.44. The predicted molar refractivity (Wildman–Crippen MR) is 97.4 cm³/mol. The molecule has 24 heavy (non-hydrogen) atoms. The summed E-state index contributed by atoms with van der Waals surface area (Å²) in [4.78, 5) is 0.426. The van der Waals surface area contributed by atoms with Crippen LogP contribution in [0, 0.1) is 10.8 Å². The average molecular weight is 343 g/mol. The largest absolute Gasteiger partial charge is 0.243 e. The van der Waals surface area contributed by atoms with Gasteiger partial charge >= 0.3 is 0 Å². The molecule has 0 radical (unpaired) electrons. The van der Waals surface area contributed by atoms with Crippen molar-refractivity contribution in [2.75, 3.05) is 6.54 Å². The highest BCUT2D eigenvalue weighted by Gasteiger charge is 2.53. The van der Waals surface area contributed by atoms with E-state index in [9.17, 15) is 8.42 Å².